The first-order valence-electron chi connectivity index (χ1n) is 10.3. The molecule has 1 aliphatic rings. The van der Waals surface area contributed by atoms with Crippen molar-refractivity contribution in [2.75, 3.05) is 20.1 Å². The van der Waals surface area contributed by atoms with Gasteiger partial charge in [0.15, 0.2) is 0 Å². The van der Waals surface area contributed by atoms with E-state index >= 15 is 0 Å². The third kappa shape index (κ3) is 4.14. The first kappa shape index (κ1) is 22.1. The number of rotatable bonds is 3. The predicted octanol–water partition coefficient (Wildman–Crippen LogP) is 4.33. The van der Waals surface area contributed by atoms with E-state index < -0.39 is 17.7 Å². The fraction of sp³-hybridized carbons (Fsp3) is 0.304. The van der Waals surface area contributed by atoms with Crippen LogP contribution >= 0.6 is 11.6 Å². The van der Waals surface area contributed by atoms with Gasteiger partial charge in [-0.15, -0.1) is 0 Å². The zero-order valence-corrected chi connectivity index (χ0v) is 18.1. The minimum absolute atomic E-state index is 0.00526. The molecule has 0 aliphatic carbocycles. The number of likely N-dealkylation sites (tertiary alicyclic amines) is 1. The maximum absolute atomic E-state index is 14.6. The fourth-order valence-corrected chi connectivity index (χ4v) is 4.31. The van der Waals surface area contributed by atoms with Crippen LogP contribution in [0.15, 0.2) is 42.9 Å². The van der Waals surface area contributed by atoms with Crippen molar-refractivity contribution in [1.82, 2.24) is 19.8 Å². The van der Waals surface area contributed by atoms with Gasteiger partial charge in [-0.1, -0.05) is 17.7 Å². The maximum atomic E-state index is 14.6. The average molecular weight is 459 g/mol. The van der Waals surface area contributed by atoms with Crippen LogP contribution in [0.5, 0.6) is 0 Å². The molecular formula is C23H21ClF2N4O2. The Kier molecular flexibility index (Phi) is 6.32. The third-order valence-electron chi connectivity index (χ3n) is 5.92. The predicted molar refractivity (Wildman–Crippen MR) is 117 cm³/mol. The number of carbonyl (C=O) groups excluding carboxylic acids is 2. The Morgan fingerprint density at radius 1 is 1.12 bits per heavy atom. The number of fused-ring (bicyclic) bond motifs is 1. The lowest BCUT2D eigenvalue weighted by Gasteiger charge is -2.28. The molecule has 3 aromatic rings. The van der Waals surface area contributed by atoms with E-state index in [4.69, 9.17) is 11.6 Å². The molecule has 1 aromatic carbocycles. The van der Waals surface area contributed by atoms with Crippen molar-refractivity contribution in [2.24, 2.45) is 0 Å². The van der Waals surface area contributed by atoms with Gasteiger partial charge in [-0.05, 0) is 42.8 Å². The highest BCUT2D eigenvalue weighted by atomic mass is 35.5. The number of benzene rings is 1. The standard InChI is InChI=1S/C23H21ClF2N4O2/c1-29(23(32)19-17-13-27-9-6-14(17)4-5-18(19)25)15-3-2-11-30(12-8-15)22(31)16-7-10-28-21(26)20(16)24/h4-7,9-10,13,15H,2-3,8,11-12H2,1H3. The zero-order chi connectivity index (χ0) is 22.8. The van der Waals surface area contributed by atoms with Crippen LogP contribution in [0.4, 0.5) is 8.78 Å². The highest BCUT2D eigenvalue weighted by Gasteiger charge is 2.29. The van der Waals surface area contributed by atoms with Crippen molar-refractivity contribution in [1.29, 1.82) is 0 Å². The van der Waals surface area contributed by atoms with Gasteiger partial charge in [0.05, 0.1) is 11.1 Å². The van der Waals surface area contributed by atoms with Gasteiger partial charge in [0.1, 0.15) is 10.8 Å². The molecule has 0 saturated carbocycles. The summed E-state index contributed by atoms with van der Waals surface area (Å²) < 4.78 is 28.3. The lowest BCUT2D eigenvalue weighted by atomic mass is 10.0. The first-order chi connectivity index (χ1) is 15.4. The van der Waals surface area contributed by atoms with Gasteiger partial charge < -0.3 is 9.80 Å². The van der Waals surface area contributed by atoms with Gasteiger partial charge in [-0.2, -0.15) is 4.39 Å². The number of nitrogens with zero attached hydrogens (tertiary/aromatic N) is 4. The Morgan fingerprint density at radius 2 is 1.94 bits per heavy atom. The van der Waals surface area contributed by atoms with E-state index in [0.29, 0.717) is 37.7 Å². The van der Waals surface area contributed by atoms with Crippen molar-refractivity contribution < 1.29 is 18.4 Å². The van der Waals surface area contributed by atoms with Crippen LogP contribution in [0.3, 0.4) is 0 Å². The molecule has 1 aliphatic heterocycles. The summed E-state index contributed by atoms with van der Waals surface area (Å²) in [7, 11) is 1.65. The molecule has 2 aromatic heterocycles. The molecule has 1 unspecified atom stereocenters. The Balaban J connectivity index is 1.51. The first-order valence-corrected chi connectivity index (χ1v) is 10.6. The molecule has 1 fully saturated rings. The molecule has 0 bridgehead atoms. The molecule has 1 saturated heterocycles. The number of hydrogen-bond acceptors (Lipinski definition) is 4. The minimum atomic E-state index is -0.887. The highest BCUT2D eigenvalue weighted by Crippen LogP contribution is 2.26. The Morgan fingerprint density at radius 3 is 2.75 bits per heavy atom. The van der Waals surface area contributed by atoms with Crippen LogP contribution in [0.25, 0.3) is 10.8 Å². The van der Waals surface area contributed by atoms with Crippen molar-refractivity contribution >= 4 is 34.2 Å². The third-order valence-corrected chi connectivity index (χ3v) is 6.28. The molecule has 9 heteroatoms. The number of aromatic nitrogens is 2. The van der Waals surface area contributed by atoms with Crippen LogP contribution in [-0.4, -0.2) is 57.8 Å². The SMILES string of the molecule is CN(C(=O)c1c(F)ccc2ccncc12)C1CCCN(C(=O)c2ccnc(F)c2Cl)CC1. The smallest absolute Gasteiger partial charge is 0.257 e. The van der Waals surface area contributed by atoms with E-state index in [0.717, 1.165) is 5.39 Å². The second-order valence-electron chi connectivity index (χ2n) is 7.78. The van der Waals surface area contributed by atoms with Crippen LogP contribution in [0.1, 0.15) is 40.0 Å². The van der Waals surface area contributed by atoms with Crippen LogP contribution in [0, 0.1) is 11.8 Å². The molecular weight excluding hydrogens is 438 g/mol. The van der Waals surface area contributed by atoms with Gasteiger partial charge in [0, 0.05) is 50.2 Å². The van der Waals surface area contributed by atoms with Crippen LogP contribution < -0.4 is 0 Å². The molecule has 1 atom stereocenters. The van der Waals surface area contributed by atoms with Crippen LogP contribution in [-0.2, 0) is 0 Å². The number of halogens is 3. The van der Waals surface area contributed by atoms with E-state index in [1.807, 2.05) is 0 Å². The van der Waals surface area contributed by atoms with Crippen LogP contribution in [0.2, 0.25) is 5.02 Å². The van der Waals surface area contributed by atoms with Crippen molar-refractivity contribution in [2.45, 2.75) is 25.3 Å². The highest BCUT2D eigenvalue weighted by molar-refractivity contribution is 6.33. The van der Waals surface area contributed by atoms with E-state index in [-0.39, 0.29) is 28.1 Å². The summed E-state index contributed by atoms with van der Waals surface area (Å²) in [5.74, 6) is -2.29. The molecule has 0 spiro atoms. The average Bonchev–Trinajstić information content (AvgIpc) is 3.06. The largest absolute Gasteiger partial charge is 0.339 e. The molecule has 2 amide bonds. The monoisotopic (exact) mass is 458 g/mol. The lowest BCUT2D eigenvalue weighted by Crippen LogP contribution is -2.39. The number of pyridine rings is 2. The van der Waals surface area contributed by atoms with Gasteiger partial charge in [0.25, 0.3) is 11.8 Å². The van der Waals surface area contributed by atoms with Gasteiger partial charge >= 0.3 is 0 Å². The van der Waals surface area contributed by atoms with E-state index in [1.165, 1.54) is 29.4 Å². The van der Waals surface area contributed by atoms with Crippen molar-refractivity contribution in [3.8, 4) is 0 Å². The summed E-state index contributed by atoms with van der Waals surface area (Å²) >= 11 is 5.92. The normalized spacial score (nSPS) is 16.6. The molecule has 3 heterocycles. The summed E-state index contributed by atoms with van der Waals surface area (Å²) in [6.45, 7) is 0.811. The lowest BCUT2D eigenvalue weighted by molar-refractivity contribution is 0.0708. The Labute approximate surface area is 188 Å². The second-order valence-corrected chi connectivity index (χ2v) is 8.15. The molecule has 4 rings (SSSR count). The Hall–Kier alpha value is -3.13. The Bertz CT molecular complexity index is 1190. The molecule has 166 valence electrons. The van der Waals surface area contributed by atoms with Gasteiger partial charge in [-0.25, -0.2) is 9.37 Å². The van der Waals surface area contributed by atoms with Crippen molar-refractivity contribution in [3.63, 3.8) is 0 Å². The quantitative estimate of drug-likeness (QED) is 0.548. The fourth-order valence-electron chi connectivity index (χ4n) is 4.12. The van der Waals surface area contributed by atoms with E-state index in [2.05, 4.69) is 9.97 Å². The van der Waals surface area contributed by atoms with E-state index in [9.17, 15) is 18.4 Å². The number of hydrogen-bond donors (Lipinski definition) is 0. The van der Waals surface area contributed by atoms with Gasteiger partial charge in [-0.3, -0.25) is 14.6 Å². The molecule has 32 heavy (non-hydrogen) atoms. The number of carbonyl (C=O) groups is 2. The van der Waals surface area contributed by atoms with E-state index in [1.54, 1.807) is 30.3 Å². The second kappa shape index (κ2) is 9.16. The summed E-state index contributed by atoms with van der Waals surface area (Å²) in [6, 6.07) is 5.84. The molecule has 6 nitrogen and oxygen atoms in total. The molecule has 0 radical (unpaired) electrons. The summed E-state index contributed by atoms with van der Waals surface area (Å²) in [5.41, 5.74) is 0.0571. The summed E-state index contributed by atoms with van der Waals surface area (Å²) in [4.78, 5) is 36.7. The molecule has 0 N–H and O–H groups in total. The summed E-state index contributed by atoms with van der Waals surface area (Å²) in [5, 5.41) is 0.895. The minimum Gasteiger partial charge on any atom is -0.339 e. The maximum Gasteiger partial charge on any atom is 0.257 e. The summed E-state index contributed by atoms with van der Waals surface area (Å²) in [6.07, 6.45) is 6.08. The zero-order valence-electron chi connectivity index (χ0n) is 17.4. The van der Waals surface area contributed by atoms with Gasteiger partial charge in [0.2, 0.25) is 5.95 Å². The van der Waals surface area contributed by atoms with Crippen molar-refractivity contribution in [3.05, 3.63) is 70.8 Å². The number of amides is 2. The topological polar surface area (TPSA) is 66.4 Å².